The minimum atomic E-state index is -0.181. The van der Waals surface area contributed by atoms with Gasteiger partial charge < -0.3 is 10.4 Å². The first-order chi connectivity index (χ1) is 10.6. The SMILES string of the molecule is C=Cc1cc(Cc2cccc(C)c2)nc(C(=O)NC)c1.CO. The number of aliphatic hydroxyl groups is 1. The van der Waals surface area contributed by atoms with Crippen LogP contribution in [0.25, 0.3) is 6.08 Å². The van der Waals surface area contributed by atoms with Crippen LogP contribution in [0.5, 0.6) is 0 Å². The normalized spacial score (nSPS) is 9.45. The van der Waals surface area contributed by atoms with Crippen molar-refractivity contribution in [1.82, 2.24) is 10.3 Å². The summed E-state index contributed by atoms with van der Waals surface area (Å²) in [6.45, 7) is 5.82. The average Bonchev–Trinajstić information content (AvgIpc) is 2.55. The maximum Gasteiger partial charge on any atom is 0.269 e. The number of nitrogens with zero attached hydrogens (tertiary/aromatic N) is 1. The number of pyridine rings is 1. The van der Waals surface area contributed by atoms with Crippen LogP contribution >= 0.6 is 0 Å². The molecule has 2 N–H and O–H groups in total. The zero-order valence-electron chi connectivity index (χ0n) is 13.3. The maximum atomic E-state index is 11.7. The number of aliphatic hydroxyl groups excluding tert-OH is 1. The van der Waals surface area contributed by atoms with Gasteiger partial charge in [0.25, 0.3) is 5.91 Å². The molecule has 0 saturated carbocycles. The van der Waals surface area contributed by atoms with E-state index in [4.69, 9.17) is 5.11 Å². The molecule has 0 aliphatic heterocycles. The van der Waals surface area contributed by atoms with Crippen molar-refractivity contribution in [1.29, 1.82) is 0 Å². The quantitative estimate of drug-likeness (QED) is 0.912. The number of nitrogens with one attached hydrogen (secondary N) is 1. The van der Waals surface area contributed by atoms with E-state index in [-0.39, 0.29) is 5.91 Å². The molecular formula is C18H22N2O2. The molecule has 22 heavy (non-hydrogen) atoms. The molecule has 4 nitrogen and oxygen atoms in total. The lowest BCUT2D eigenvalue weighted by Crippen LogP contribution is -2.20. The third kappa shape index (κ3) is 4.82. The fraction of sp³-hybridized carbons (Fsp3) is 0.222. The first-order valence-electron chi connectivity index (χ1n) is 6.98. The highest BCUT2D eigenvalue weighted by Gasteiger charge is 2.08. The summed E-state index contributed by atoms with van der Waals surface area (Å²) in [4.78, 5) is 16.1. The van der Waals surface area contributed by atoms with Crippen molar-refractivity contribution in [3.05, 3.63) is 71.1 Å². The van der Waals surface area contributed by atoms with Crippen LogP contribution in [-0.2, 0) is 6.42 Å². The molecule has 0 aliphatic rings. The first-order valence-corrected chi connectivity index (χ1v) is 6.98. The van der Waals surface area contributed by atoms with E-state index in [1.807, 2.05) is 12.1 Å². The fourth-order valence-corrected chi connectivity index (χ4v) is 2.10. The number of hydrogen-bond acceptors (Lipinski definition) is 3. The van der Waals surface area contributed by atoms with Crippen molar-refractivity contribution < 1.29 is 9.90 Å². The number of aromatic nitrogens is 1. The molecule has 0 radical (unpaired) electrons. The van der Waals surface area contributed by atoms with Crippen LogP contribution in [0, 0.1) is 6.92 Å². The van der Waals surface area contributed by atoms with Gasteiger partial charge in [-0.1, -0.05) is 42.5 Å². The summed E-state index contributed by atoms with van der Waals surface area (Å²) in [6, 6.07) is 12.0. The summed E-state index contributed by atoms with van der Waals surface area (Å²) in [7, 11) is 2.60. The van der Waals surface area contributed by atoms with E-state index >= 15 is 0 Å². The molecular weight excluding hydrogens is 276 g/mol. The molecule has 0 spiro atoms. The molecule has 2 rings (SSSR count). The number of amides is 1. The van der Waals surface area contributed by atoms with E-state index in [0.717, 1.165) is 18.4 Å². The van der Waals surface area contributed by atoms with Crippen molar-refractivity contribution in [3.63, 3.8) is 0 Å². The molecule has 1 heterocycles. The lowest BCUT2D eigenvalue weighted by atomic mass is 10.0. The van der Waals surface area contributed by atoms with Gasteiger partial charge in [-0.25, -0.2) is 4.98 Å². The predicted octanol–water partition coefficient (Wildman–Crippen LogP) is 2.59. The number of carbonyl (C=O) groups is 1. The topological polar surface area (TPSA) is 62.2 Å². The molecule has 1 aromatic heterocycles. The maximum absolute atomic E-state index is 11.7. The van der Waals surface area contributed by atoms with Crippen molar-refractivity contribution in [3.8, 4) is 0 Å². The molecule has 0 unspecified atom stereocenters. The zero-order chi connectivity index (χ0) is 16.5. The lowest BCUT2D eigenvalue weighted by molar-refractivity contribution is 0.0958. The van der Waals surface area contributed by atoms with Gasteiger partial charge in [0.05, 0.1) is 0 Å². The minimum absolute atomic E-state index is 0.181. The van der Waals surface area contributed by atoms with Crippen LogP contribution in [0.15, 0.2) is 43.0 Å². The summed E-state index contributed by atoms with van der Waals surface area (Å²) in [6.07, 6.45) is 2.43. The number of aryl methyl sites for hydroxylation is 1. The van der Waals surface area contributed by atoms with Crippen molar-refractivity contribution in [2.24, 2.45) is 0 Å². The van der Waals surface area contributed by atoms with E-state index in [0.29, 0.717) is 12.1 Å². The Labute approximate surface area is 131 Å². The number of benzene rings is 1. The van der Waals surface area contributed by atoms with Crippen LogP contribution < -0.4 is 5.32 Å². The Kier molecular flexibility index (Phi) is 6.99. The molecule has 0 saturated heterocycles. The Morgan fingerprint density at radius 2 is 2.05 bits per heavy atom. The lowest BCUT2D eigenvalue weighted by Gasteiger charge is -2.07. The monoisotopic (exact) mass is 298 g/mol. The highest BCUT2D eigenvalue weighted by Crippen LogP contribution is 2.13. The summed E-state index contributed by atoms with van der Waals surface area (Å²) in [5.41, 5.74) is 4.59. The zero-order valence-corrected chi connectivity index (χ0v) is 13.3. The smallest absolute Gasteiger partial charge is 0.269 e. The van der Waals surface area contributed by atoms with Crippen molar-refractivity contribution >= 4 is 12.0 Å². The predicted molar refractivity (Wildman–Crippen MR) is 89.8 cm³/mol. The molecule has 0 atom stereocenters. The average molecular weight is 298 g/mol. The molecule has 0 bridgehead atoms. The van der Waals surface area contributed by atoms with E-state index in [1.165, 1.54) is 11.1 Å². The first kappa shape index (κ1) is 17.6. The largest absolute Gasteiger partial charge is 0.400 e. The van der Waals surface area contributed by atoms with E-state index < -0.39 is 0 Å². The molecule has 0 fully saturated rings. The van der Waals surface area contributed by atoms with Gasteiger partial charge in [0, 0.05) is 26.3 Å². The Morgan fingerprint density at radius 1 is 1.32 bits per heavy atom. The number of hydrogen-bond donors (Lipinski definition) is 2. The van der Waals surface area contributed by atoms with Crippen LogP contribution in [0.2, 0.25) is 0 Å². The number of carbonyl (C=O) groups excluding carboxylic acids is 1. The molecule has 116 valence electrons. The summed E-state index contributed by atoms with van der Waals surface area (Å²) in [5, 5.41) is 9.60. The fourth-order valence-electron chi connectivity index (χ4n) is 2.10. The Balaban J connectivity index is 0.00000116. The van der Waals surface area contributed by atoms with Gasteiger partial charge in [0.15, 0.2) is 0 Å². The van der Waals surface area contributed by atoms with Crippen molar-refractivity contribution in [2.75, 3.05) is 14.2 Å². The van der Waals surface area contributed by atoms with Gasteiger partial charge >= 0.3 is 0 Å². The minimum Gasteiger partial charge on any atom is -0.400 e. The highest BCUT2D eigenvalue weighted by molar-refractivity contribution is 5.92. The molecule has 1 aromatic carbocycles. The second-order valence-electron chi connectivity index (χ2n) is 4.73. The second kappa shape index (κ2) is 8.74. The standard InChI is InChI=1S/C17H18N2O.CH4O/c1-4-13-9-15(19-16(11-13)17(20)18-3)10-14-7-5-6-12(2)8-14;1-2/h4-9,11H,1,10H2,2-3H3,(H,18,20);2H,1H3. The molecule has 1 amide bonds. The van der Waals surface area contributed by atoms with Crippen LogP contribution in [0.3, 0.4) is 0 Å². The third-order valence-corrected chi connectivity index (χ3v) is 3.06. The van der Waals surface area contributed by atoms with Crippen LogP contribution in [0.4, 0.5) is 0 Å². The molecule has 4 heteroatoms. The van der Waals surface area contributed by atoms with Gasteiger partial charge in [-0.2, -0.15) is 0 Å². The summed E-state index contributed by atoms with van der Waals surface area (Å²) < 4.78 is 0. The van der Waals surface area contributed by atoms with Gasteiger partial charge in [-0.15, -0.1) is 0 Å². The van der Waals surface area contributed by atoms with Gasteiger partial charge in [-0.05, 0) is 30.2 Å². The molecule has 0 aliphatic carbocycles. The van der Waals surface area contributed by atoms with Gasteiger partial charge in [-0.3, -0.25) is 4.79 Å². The third-order valence-electron chi connectivity index (χ3n) is 3.06. The van der Waals surface area contributed by atoms with Gasteiger partial charge in [0.2, 0.25) is 0 Å². The van der Waals surface area contributed by atoms with E-state index in [1.54, 1.807) is 19.2 Å². The van der Waals surface area contributed by atoms with Crippen LogP contribution in [0.1, 0.15) is 32.9 Å². The Bertz CT molecular complexity index is 651. The summed E-state index contributed by atoms with van der Waals surface area (Å²) in [5.74, 6) is -0.181. The van der Waals surface area contributed by atoms with E-state index in [2.05, 4.69) is 42.0 Å². The summed E-state index contributed by atoms with van der Waals surface area (Å²) >= 11 is 0. The van der Waals surface area contributed by atoms with Crippen molar-refractivity contribution in [2.45, 2.75) is 13.3 Å². The van der Waals surface area contributed by atoms with Gasteiger partial charge in [0.1, 0.15) is 5.69 Å². The highest BCUT2D eigenvalue weighted by atomic mass is 16.2. The molecule has 2 aromatic rings. The van der Waals surface area contributed by atoms with E-state index in [9.17, 15) is 4.79 Å². The Hall–Kier alpha value is -2.46. The Morgan fingerprint density at radius 3 is 2.64 bits per heavy atom. The second-order valence-corrected chi connectivity index (χ2v) is 4.73. The number of rotatable bonds is 4. The van der Waals surface area contributed by atoms with Crippen LogP contribution in [-0.4, -0.2) is 30.2 Å².